The Kier molecular flexibility index (Phi) is 4.33. The predicted octanol–water partition coefficient (Wildman–Crippen LogP) is 2.57. The molecule has 3 atom stereocenters. The fourth-order valence-electron chi connectivity index (χ4n) is 4.87. The van der Waals surface area contributed by atoms with E-state index in [0.29, 0.717) is 34.6 Å². The lowest BCUT2D eigenvalue weighted by molar-refractivity contribution is 0.0921. The summed E-state index contributed by atoms with van der Waals surface area (Å²) in [4.78, 5) is 25.2. The Balaban J connectivity index is 1.37. The highest BCUT2D eigenvalue weighted by atomic mass is 16.2. The van der Waals surface area contributed by atoms with Gasteiger partial charge in [-0.1, -0.05) is 12.5 Å². The number of nitrogens with zero attached hydrogens (tertiary/aromatic N) is 2. The van der Waals surface area contributed by atoms with Crippen LogP contribution in [-0.4, -0.2) is 33.7 Å². The van der Waals surface area contributed by atoms with E-state index < -0.39 is 0 Å². The Bertz CT molecular complexity index is 978. The number of fused-ring (bicyclic) bond motifs is 2. The van der Waals surface area contributed by atoms with Gasteiger partial charge in [0, 0.05) is 17.6 Å². The van der Waals surface area contributed by atoms with Crippen molar-refractivity contribution in [2.45, 2.75) is 57.5 Å². The number of benzene rings is 1. The number of carbonyl (C=O) groups excluding carboxylic acids is 2. The quantitative estimate of drug-likeness (QED) is 0.726. The van der Waals surface area contributed by atoms with Crippen molar-refractivity contribution < 1.29 is 9.59 Å². The number of aromatic nitrogens is 2. The first-order valence-electron chi connectivity index (χ1n) is 10.6. The van der Waals surface area contributed by atoms with Gasteiger partial charge in [-0.2, -0.15) is 5.10 Å². The summed E-state index contributed by atoms with van der Waals surface area (Å²) >= 11 is 0. The molecule has 7 heteroatoms. The minimum Gasteiger partial charge on any atom is -0.383 e. The van der Waals surface area contributed by atoms with E-state index in [4.69, 9.17) is 5.73 Å². The van der Waals surface area contributed by atoms with Crippen molar-refractivity contribution in [3.63, 3.8) is 0 Å². The maximum absolute atomic E-state index is 12.8. The van der Waals surface area contributed by atoms with Crippen LogP contribution in [0.2, 0.25) is 0 Å². The first-order chi connectivity index (χ1) is 14.0. The van der Waals surface area contributed by atoms with Crippen LogP contribution < -0.4 is 16.4 Å². The molecule has 0 radical (unpaired) electrons. The van der Waals surface area contributed by atoms with E-state index in [9.17, 15) is 9.59 Å². The van der Waals surface area contributed by atoms with Crippen molar-refractivity contribution in [2.24, 2.45) is 11.8 Å². The van der Waals surface area contributed by atoms with Crippen LogP contribution in [0, 0.1) is 18.8 Å². The van der Waals surface area contributed by atoms with Crippen molar-refractivity contribution in [3.8, 4) is 5.69 Å². The summed E-state index contributed by atoms with van der Waals surface area (Å²) in [5.74, 6) is 1.41. The van der Waals surface area contributed by atoms with E-state index >= 15 is 0 Å². The van der Waals surface area contributed by atoms with Gasteiger partial charge in [-0.05, 0) is 68.6 Å². The van der Waals surface area contributed by atoms with Crippen molar-refractivity contribution >= 4 is 17.6 Å². The number of aryl methyl sites for hydroxylation is 1. The zero-order chi connectivity index (χ0) is 20.1. The molecule has 3 fully saturated rings. The second kappa shape index (κ2) is 6.90. The smallest absolute Gasteiger partial charge is 0.256 e. The number of nitrogens with two attached hydrogens (primary N) is 1. The summed E-state index contributed by atoms with van der Waals surface area (Å²) in [5, 5.41) is 10.5. The van der Waals surface area contributed by atoms with E-state index in [-0.39, 0.29) is 17.9 Å². The lowest BCUT2D eigenvalue weighted by atomic mass is 9.95. The van der Waals surface area contributed by atoms with Crippen LogP contribution in [0.5, 0.6) is 0 Å². The van der Waals surface area contributed by atoms with E-state index in [1.165, 1.54) is 25.5 Å². The van der Waals surface area contributed by atoms with Crippen molar-refractivity contribution in [2.75, 3.05) is 5.73 Å². The van der Waals surface area contributed by atoms with Gasteiger partial charge in [0.05, 0.1) is 11.9 Å². The van der Waals surface area contributed by atoms with Crippen LogP contribution in [0.4, 0.5) is 5.82 Å². The second-order valence-corrected chi connectivity index (χ2v) is 8.86. The molecule has 2 aromatic rings. The summed E-state index contributed by atoms with van der Waals surface area (Å²) in [6.45, 7) is 1.94. The maximum atomic E-state index is 12.8. The molecule has 29 heavy (non-hydrogen) atoms. The Morgan fingerprint density at radius 2 is 1.93 bits per heavy atom. The molecule has 2 bridgehead atoms. The first kappa shape index (κ1) is 18.2. The van der Waals surface area contributed by atoms with Crippen LogP contribution in [0.25, 0.3) is 5.69 Å². The van der Waals surface area contributed by atoms with Gasteiger partial charge in [-0.25, -0.2) is 4.68 Å². The Hall–Kier alpha value is -2.83. The molecule has 1 aromatic carbocycles. The van der Waals surface area contributed by atoms with Crippen molar-refractivity contribution in [1.82, 2.24) is 20.4 Å². The van der Waals surface area contributed by atoms with Gasteiger partial charge in [-0.15, -0.1) is 0 Å². The molecule has 0 spiro atoms. The fourth-order valence-corrected chi connectivity index (χ4v) is 4.87. The largest absolute Gasteiger partial charge is 0.383 e. The summed E-state index contributed by atoms with van der Waals surface area (Å²) in [5.41, 5.74) is 8.92. The average molecular weight is 393 g/mol. The van der Waals surface area contributed by atoms with E-state index in [2.05, 4.69) is 15.7 Å². The van der Waals surface area contributed by atoms with Crippen LogP contribution >= 0.6 is 0 Å². The SMILES string of the molecule is Cc1ccc(C(=O)NC2CC2)cc1-n1ncc(C(=O)NC2CC3CCC2C3)c1N. The highest BCUT2D eigenvalue weighted by molar-refractivity contribution is 5.99. The molecule has 7 nitrogen and oxygen atoms in total. The molecule has 3 unspecified atom stereocenters. The summed E-state index contributed by atoms with van der Waals surface area (Å²) in [6, 6.07) is 6.02. The van der Waals surface area contributed by atoms with Gasteiger partial charge >= 0.3 is 0 Å². The number of nitrogens with one attached hydrogen (secondary N) is 2. The molecular weight excluding hydrogens is 366 g/mol. The Morgan fingerprint density at radius 3 is 2.62 bits per heavy atom. The van der Waals surface area contributed by atoms with Gasteiger partial charge in [0.2, 0.25) is 0 Å². The molecule has 3 saturated carbocycles. The van der Waals surface area contributed by atoms with Gasteiger partial charge < -0.3 is 16.4 Å². The molecule has 0 saturated heterocycles. The Labute approximate surface area is 170 Å². The number of anilines is 1. The number of carbonyl (C=O) groups is 2. The van der Waals surface area contributed by atoms with Gasteiger partial charge in [0.1, 0.15) is 11.4 Å². The lowest BCUT2D eigenvalue weighted by Gasteiger charge is -2.22. The van der Waals surface area contributed by atoms with E-state index in [0.717, 1.165) is 30.7 Å². The highest BCUT2D eigenvalue weighted by Gasteiger charge is 2.40. The summed E-state index contributed by atoms with van der Waals surface area (Å²) in [6.07, 6.45) is 8.40. The van der Waals surface area contributed by atoms with Crippen molar-refractivity contribution in [3.05, 3.63) is 41.1 Å². The zero-order valence-electron chi connectivity index (χ0n) is 16.6. The summed E-state index contributed by atoms with van der Waals surface area (Å²) < 4.78 is 1.55. The minimum absolute atomic E-state index is 0.0891. The molecule has 2 amide bonds. The van der Waals surface area contributed by atoms with Crippen LogP contribution in [0.3, 0.4) is 0 Å². The van der Waals surface area contributed by atoms with Gasteiger partial charge in [-0.3, -0.25) is 9.59 Å². The number of hydrogen-bond acceptors (Lipinski definition) is 4. The molecule has 4 N–H and O–H groups in total. The number of rotatable bonds is 5. The van der Waals surface area contributed by atoms with E-state index in [1.807, 2.05) is 13.0 Å². The number of amides is 2. The van der Waals surface area contributed by atoms with Crippen molar-refractivity contribution in [1.29, 1.82) is 0 Å². The summed E-state index contributed by atoms with van der Waals surface area (Å²) in [7, 11) is 0. The number of hydrogen-bond donors (Lipinski definition) is 3. The maximum Gasteiger partial charge on any atom is 0.256 e. The standard InChI is InChI=1S/C22H27N5O2/c1-12-2-4-15(21(28)25-16-6-7-16)10-19(12)27-20(23)17(11-24-27)22(29)26-18-9-13-3-5-14(18)8-13/h2,4,10-11,13-14,16,18H,3,5-9,23H2,1H3,(H,25,28)(H,26,29). The van der Waals surface area contributed by atoms with Gasteiger partial charge in [0.15, 0.2) is 0 Å². The fraction of sp³-hybridized carbons (Fsp3) is 0.500. The third-order valence-corrected chi connectivity index (χ3v) is 6.72. The average Bonchev–Trinajstić information content (AvgIpc) is 3.10. The zero-order valence-corrected chi connectivity index (χ0v) is 16.6. The third kappa shape index (κ3) is 3.39. The van der Waals surface area contributed by atoms with Crippen LogP contribution in [0.15, 0.2) is 24.4 Å². The molecule has 1 aromatic heterocycles. The molecule has 3 aliphatic carbocycles. The molecule has 0 aliphatic heterocycles. The predicted molar refractivity (Wildman–Crippen MR) is 110 cm³/mol. The molecule has 1 heterocycles. The Morgan fingerprint density at radius 1 is 1.10 bits per heavy atom. The number of nitrogen functional groups attached to an aromatic ring is 1. The van der Waals surface area contributed by atoms with E-state index in [1.54, 1.807) is 16.8 Å². The van der Waals surface area contributed by atoms with Crippen LogP contribution in [-0.2, 0) is 0 Å². The topological polar surface area (TPSA) is 102 Å². The molecule has 5 rings (SSSR count). The molecular formula is C22H27N5O2. The minimum atomic E-state index is -0.161. The van der Waals surface area contributed by atoms with Crippen LogP contribution in [0.1, 0.15) is 64.8 Å². The molecule has 3 aliphatic rings. The normalized spacial score (nSPS) is 25.2. The highest BCUT2D eigenvalue weighted by Crippen LogP contribution is 2.44. The monoisotopic (exact) mass is 393 g/mol. The first-order valence-corrected chi connectivity index (χ1v) is 10.6. The second-order valence-electron chi connectivity index (χ2n) is 8.86. The molecule has 152 valence electrons. The third-order valence-electron chi connectivity index (χ3n) is 6.72. The lowest BCUT2D eigenvalue weighted by Crippen LogP contribution is -2.38. The van der Waals surface area contributed by atoms with Gasteiger partial charge in [0.25, 0.3) is 11.8 Å².